The summed E-state index contributed by atoms with van der Waals surface area (Å²) in [5.41, 5.74) is 1.17. The van der Waals surface area contributed by atoms with Crippen molar-refractivity contribution in [3.05, 3.63) is 42.0 Å². The predicted octanol–water partition coefficient (Wildman–Crippen LogP) is 5.44. The second kappa shape index (κ2) is 19.5. The number of hydrogen-bond donors (Lipinski definition) is 2. The molecule has 2 N–H and O–H groups in total. The van der Waals surface area contributed by atoms with Gasteiger partial charge in [-0.05, 0) is 18.1 Å². The fraction of sp³-hybridized carbons (Fsp3) is 0.704. The minimum Gasteiger partial charge on any atom is -0.391 e. The van der Waals surface area contributed by atoms with Gasteiger partial charge in [0.2, 0.25) is 0 Å². The molecule has 1 rings (SSSR count). The summed E-state index contributed by atoms with van der Waals surface area (Å²) in [5, 5.41) is 19.2. The number of nitrogens with zero attached hydrogens (tertiary/aromatic N) is 1. The van der Waals surface area contributed by atoms with Gasteiger partial charge in [0, 0.05) is 6.61 Å². The predicted molar refractivity (Wildman–Crippen MR) is 132 cm³/mol. The molecule has 0 atom stereocenters. The van der Waals surface area contributed by atoms with E-state index in [1.807, 2.05) is 18.2 Å². The first-order valence-corrected chi connectivity index (χ1v) is 12.6. The number of ether oxygens (including phenoxy) is 1. The number of benzene rings is 1. The second-order valence-electron chi connectivity index (χ2n) is 8.75. The van der Waals surface area contributed by atoms with Crippen LogP contribution in [0.2, 0.25) is 0 Å². The van der Waals surface area contributed by atoms with Crippen molar-refractivity contribution in [3.8, 4) is 0 Å². The SMILES string of the molecule is CCCCCCCCCCCCOCC[N+](CC=Cc1ccccc1)(CCO)CCO. The monoisotopic (exact) mass is 434 g/mol. The van der Waals surface area contributed by atoms with Crippen molar-refractivity contribution in [2.24, 2.45) is 0 Å². The fourth-order valence-corrected chi connectivity index (χ4v) is 4.06. The zero-order valence-electron chi connectivity index (χ0n) is 20.0. The van der Waals surface area contributed by atoms with Gasteiger partial charge < -0.3 is 19.4 Å². The van der Waals surface area contributed by atoms with Crippen LogP contribution in [0.25, 0.3) is 6.08 Å². The Labute approximate surface area is 191 Å². The maximum atomic E-state index is 9.59. The third kappa shape index (κ3) is 14.5. The summed E-state index contributed by atoms with van der Waals surface area (Å²) in [5.74, 6) is 0. The molecule has 0 heterocycles. The Morgan fingerprint density at radius 2 is 1.32 bits per heavy atom. The van der Waals surface area contributed by atoms with Crippen LogP contribution in [-0.2, 0) is 4.74 Å². The molecule has 0 aliphatic heterocycles. The number of quaternary nitrogens is 1. The van der Waals surface area contributed by atoms with Crippen LogP contribution in [0, 0.1) is 0 Å². The molecule has 0 saturated carbocycles. The van der Waals surface area contributed by atoms with Gasteiger partial charge in [-0.2, -0.15) is 0 Å². The molecule has 0 aliphatic rings. The lowest BCUT2D eigenvalue weighted by molar-refractivity contribution is -0.923. The van der Waals surface area contributed by atoms with Crippen molar-refractivity contribution in [2.75, 3.05) is 52.6 Å². The van der Waals surface area contributed by atoms with Gasteiger partial charge in [-0.1, -0.05) is 101 Å². The van der Waals surface area contributed by atoms with E-state index < -0.39 is 0 Å². The Morgan fingerprint density at radius 3 is 1.90 bits per heavy atom. The van der Waals surface area contributed by atoms with Crippen LogP contribution in [0.4, 0.5) is 0 Å². The first kappa shape index (κ1) is 27.8. The summed E-state index contributed by atoms with van der Waals surface area (Å²) in [4.78, 5) is 0. The Balaban J connectivity index is 2.21. The van der Waals surface area contributed by atoms with E-state index in [2.05, 4.69) is 31.2 Å². The van der Waals surface area contributed by atoms with E-state index in [1.54, 1.807) is 0 Å². The molecular formula is C27H48NO3+. The van der Waals surface area contributed by atoms with Crippen LogP contribution >= 0.6 is 0 Å². The van der Waals surface area contributed by atoms with Crippen molar-refractivity contribution in [2.45, 2.75) is 71.1 Å². The van der Waals surface area contributed by atoms with Crippen molar-refractivity contribution in [1.82, 2.24) is 0 Å². The third-order valence-corrected chi connectivity index (χ3v) is 6.10. The molecule has 0 aliphatic carbocycles. The van der Waals surface area contributed by atoms with Crippen LogP contribution in [-0.4, -0.2) is 67.3 Å². The first-order valence-electron chi connectivity index (χ1n) is 12.6. The third-order valence-electron chi connectivity index (χ3n) is 6.10. The molecule has 0 spiro atoms. The molecule has 0 unspecified atom stereocenters. The minimum absolute atomic E-state index is 0.123. The molecule has 0 amide bonds. The summed E-state index contributed by atoms with van der Waals surface area (Å²) in [7, 11) is 0. The van der Waals surface area contributed by atoms with Gasteiger partial charge in [0.05, 0.1) is 26.4 Å². The van der Waals surface area contributed by atoms with E-state index in [0.29, 0.717) is 24.2 Å². The number of aliphatic hydroxyl groups is 2. The molecule has 4 heteroatoms. The Morgan fingerprint density at radius 1 is 0.742 bits per heavy atom. The van der Waals surface area contributed by atoms with Crippen molar-refractivity contribution >= 4 is 6.08 Å². The molecule has 1 aromatic carbocycles. The van der Waals surface area contributed by atoms with Crippen LogP contribution in [0.3, 0.4) is 0 Å². The molecule has 0 aromatic heterocycles. The highest BCUT2D eigenvalue weighted by molar-refractivity contribution is 5.48. The summed E-state index contributed by atoms with van der Waals surface area (Å²) >= 11 is 0. The summed E-state index contributed by atoms with van der Waals surface area (Å²) < 4.78 is 6.58. The normalized spacial score (nSPS) is 12.1. The maximum Gasteiger partial charge on any atom is 0.103 e. The number of unbranched alkanes of at least 4 members (excludes halogenated alkanes) is 9. The summed E-state index contributed by atoms with van der Waals surface area (Å²) in [6, 6.07) is 10.2. The largest absolute Gasteiger partial charge is 0.391 e. The highest BCUT2D eigenvalue weighted by atomic mass is 16.5. The molecule has 1 aromatic rings. The average molecular weight is 435 g/mol. The average Bonchev–Trinajstić information content (AvgIpc) is 2.78. The molecule has 178 valence electrons. The van der Waals surface area contributed by atoms with E-state index in [4.69, 9.17) is 4.74 Å². The Kier molecular flexibility index (Phi) is 17.5. The van der Waals surface area contributed by atoms with E-state index in [0.717, 1.165) is 26.1 Å². The molecule has 0 bridgehead atoms. The summed E-state index contributed by atoms with van der Waals surface area (Å²) in [6.07, 6.45) is 17.6. The lowest BCUT2D eigenvalue weighted by Gasteiger charge is -2.37. The lowest BCUT2D eigenvalue weighted by atomic mass is 10.1. The van der Waals surface area contributed by atoms with Gasteiger partial charge in [0.15, 0.2) is 0 Å². The maximum absolute atomic E-state index is 9.59. The number of aliphatic hydroxyl groups excluding tert-OH is 2. The minimum atomic E-state index is 0.123. The lowest BCUT2D eigenvalue weighted by Crippen LogP contribution is -2.53. The topological polar surface area (TPSA) is 49.7 Å². The van der Waals surface area contributed by atoms with Gasteiger partial charge in [-0.25, -0.2) is 0 Å². The van der Waals surface area contributed by atoms with E-state index in [-0.39, 0.29) is 13.2 Å². The van der Waals surface area contributed by atoms with Gasteiger partial charge >= 0.3 is 0 Å². The van der Waals surface area contributed by atoms with E-state index in [1.165, 1.54) is 63.4 Å². The van der Waals surface area contributed by atoms with Crippen molar-refractivity contribution < 1.29 is 19.4 Å². The molecular weight excluding hydrogens is 386 g/mol. The van der Waals surface area contributed by atoms with Crippen LogP contribution in [0.1, 0.15) is 76.7 Å². The van der Waals surface area contributed by atoms with Crippen LogP contribution in [0.15, 0.2) is 36.4 Å². The number of rotatable bonds is 21. The van der Waals surface area contributed by atoms with E-state index >= 15 is 0 Å². The first-order chi connectivity index (χ1) is 15.3. The molecule has 0 radical (unpaired) electrons. The second-order valence-corrected chi connectivity index (χ2v) is 8.75. The number of hydrogen-bond acceptors (Lipinski definition) is 3. The highest BCUT2D eigenvalue weighted by Crippen LogP contribution is 2.11. The van der Waals surface area contributed by atoms with Crippen molar-refractivity contribution in [3.63, 3.8) is 0 Å². The molecule has 0 saturated heterocycles. The zero-order valence-corrected chi connectivity index (χ0v) is 20.0. The highest BCUT2D eigenvalue weighted by Gasteiger charge is 2.24. The van der Waals surface area contributed by atoms with Gasteiger partial charge in [-0.3, -0.25) is 0 Å². The quantitative estimate of drug-likeness (QED) is 0.200. The standard InChI is InChI=1S/C27H48NO3/c1-2-3-4-5-6-7-8-9-10-14-25-31-26-22-28(20-23-29,21-24-30)19-15-18-27-16-12-11-13-17-27/h11-13,15-18,29-30H,2-10,14,19-26H2,1H3/q+1. The Bertz CT molecular complexity index is 527. The van der Waals surface area contributed by atoms with Gasteiger partial charge in [0.25, 0.3) is 0 Å². The van der Waals surface area contributed by atoms with Crippen LogP contribution < -0.4 is 0 Å². The van der Waals surface area contributed by atoms with Gasteiger partial charge in [0.1, 0.15) is 19.6 Å². The summed E-state index contributed by atoms with van der Waals surface area (Å²) in [6.45, 7) is 6.89. The van der Waals surface area contributed by atoms with Crippen LogP contribution in [0.5, 0.6) is 0 Å². The molecule has 31 heavy (non-hydrogen) atoms. The van der Waals surface area contributed by atoms with E-state index in [9.17, 15) is 10.2 Å². The molecule has 4 nitrogen and oxygen atoms in total. The van der Waals surface area contributed by atoms with Crippen molar-refractivity contribution in [1.29, 1.82) is 0 Å². The van der Waals surface area contributed by atoms with Gasteiger partial charge in [-0.15, -0.1) is 0 Å². The smallest absolute Gasteiger partial charge is 0.103 e. The fourth-order valence-electron chi connectivity index (χ4n) is 4.06. The zero-order chi connectivity index (χ0) is 22.5. The Hall–Kier alpha value is -1.20. The molecule has 0 fully saturated rings.